The third kappa shape index (κ3) is 7.05. The van der Waals surface area contributed by atoms with Crippen LogP contribution in [0.2, 0.25) is 0 Å². The van der Waals surface area contributed by atoms with Gasteiger partial charge in [0.2, 0.25) is 11.8 Å². The van der Waals surface area contributed by atoms with Crippen molar-refractivity contribution < 1.29 is 9.59 Å². The molecule has 2 amide bonds. The fraction of sp³-hybridized carbons (Fsp3) is 0.333. The van der Waals surface area contributed by atoms with Crippen molar-refractivity contribution in [1.29, 1.82) is 0 Å². The van der Waals surface area contributed by atoms with Gasteiger partial charge in [0.25, 0.3) is 0 Å². The van der Waals surface area contributed by atoms with Crippen LogP contribution in [0.5, 0.6) is 0 Å². The summed E-state index contributed by atoms with van der Waals surface area (Å²) in [5, 5.41) is 3.04. The summed E-state index contributed by atoms with van der Waals surface area (Å²) in [5.74, 6) is -0.145. The molecule has 1 atom stereocenters. The van der Waals surface area contributed by atoms with Gasteiger partial charge in [-0.15, -0.1) is 0 Å². The van der Waals surface area contributed by atoms with Gasteiger partial charge in [0.15, 0.2) is 0 Å². The molecular formula is C30H36N2O2. The average Bonchev–Trinajstić information content (AvgIpc) is 2.80. The summed E-state index contributed by atoms with van der Waals surface area (Å²) < 4.78 is 0. The molecule has 0 saturated heterocycles. The van der Waals surface area contributed by atoms with Crippen LogP contribution in [0.3, 0.4) is 0 Å². The molecule has 1 unspecified atom stereocenters. The summed E-state index contributed by atoms with van der Waals surface area (Å²) in [4.78, 5) is 29.0. The van der Waals surface area contributed by atoms with Gasteiger partial charge in [0.1, 0.15) is 6.04 Å². The maximum atomic E-state index is 13.8. The lowest BCUT2D eigenvalue weighted by molar-refractivity contribution is -0.140. The van der Waals surface area contributed by atoms with Gasteiger partial charge in [-0.05, 0) is 49.4 Å². The van der Waals surface area contributed by atoms with Gasteiger partial charge in [-0.1, -0.05) is 90.8 Å². The molecule has 1 N–H and O–H groups in total. The van der Waals surface area contributed by atoms with Crippen LogP contribution in [0, 0.1) is 20.8 Å². The summed E-state index contributed by atoms with van der Waals surface area (Å²) in [6, 6.07) is 23.6. The van der Waals surface area contributed by atoms with Crippen LogP contribution in [-0.4, -0.2) is 29.3 Å². The van der Waals surface area contributed by atoms with Crippen LogP contribution in [0.4, 0.5) is 0 Å². The summed E-state index contributed by atoms with van der Waals surface area (Å²) in [6.45, 7) is 9.15. The van der Waals surface area contributed by atoms with E-state index >= 15 is 0 Å². The summed E-state index contributed by atoms with van der Waals surface area (Å²) in [6.07, 6.45) is 1.58. The average molecular weight is 457 g/mol. The van der Waals surface area contributed by atoms with Gasteiger partial charge in [0, 0.05) is 19.5 Å². The molecule has 3 aromatic rings. The zero-order valence-electron chi connectivity index (χ0n) is 20.8. The van der Waals surface area contributed by atoms with Crippen LogP contribution in [0.15, 0.2) is 72.8 Å². The van der Waals surface area contributed by atoms with Gasteiger partial charge < -0.3 is 10.2 Å². The zero-order valence-corrected chi connectivity index (χ0v) is 20.8. The van der Waals surface area contributed by atoms with E-state index in [1.54, 1.807) is 4.90 Å². The predicted molar refractivity (Wildman–Crippen MR) is 139 cm³/mol. The Balaban J connectivity index is 1.98. The second-order valence-electron chi connectivity index (χ2n) is 9.12. The van der Waals surface area contributed by atoms with Gasteiger partial charge in [0.05, 0.1) is 6.42 Å². The minimum absolute atomic E-state index is 0.0409. The molecule has 0 aromatic heterocycles. The van der Waals surface area contributed by atoms with Gasteiger partial charge in [-0.25, -0.2) is 0 Å². The number of carbonyl (C=O) groups excluding carboxylic acids is 2. The number of nitrogens with one attached hydrogen (secondary N) is 1. The Morgan fingerprint density at radius 2 is 1.50 bits per heavy atom. The Hall–Kier alpha value is -3.40. The second kappa shape index (κ2) is 12.2. The Morgan fingerprint density at radius 1 is 0.853 bits per heavy atom. The number of amides is 2. The first-order chi connectivity index (χ1) is 16.4. The highest BCUT2D eigenvalue weighted by molar-refractivity contribution is 5.88. The second-order valence-corrected chi connectivity index (χ2v) is 9.12. The lowest BCUT2D eigenvalue weighted by Gasteiger charge is -2.32. The Morgan fingerprint density at radius 3 is 2.15 bits per heavy atom. The molecule has 4 nitrogen and oxygen atoms in total. The summed E-state index contributed by atoms with van der Waals surface area (Å²) in [5.41, 5.74) is 6.44. The maximum absolute atomic E-state index is 13.8. The summed E-state index contributed by atoms with van der Waals surface area (Å²) in [7, 11) is 0. The minimum atomic E-state index is -0.591. The normalized spacial score (nSPS) is 11.6. The number of rotatable bonds is 10. The van der Waals surface area contributed by atoms with Crippen molar-refractivity contribution in [2.24, 2.45) is 0 Å². The van der Waals surface area contributed by atoms with Crippen molar-refractivity contribution in [2.45, 2.75) is 59.5 Å². The van der Waals surface area contributed by atoms with E-state index in [0.29, 0.717) is 19.5 Å². The van der Waals surface area contributed by atoms with Crippen molar-refractivity contribution >= 4 is 11.8 Å². The van der Waals surface area contributed by atoms with Crippen molar-refractivity contribution in [2.75, 3.05) is 6.54 Å². The molecule has 34 heavy (non-hydrogen) atoms. The monoisotopic (exact) mass is 456 g/mol. The van der Waals surface area contributed by atoms with Gasteiger partial charge in [-0.3, -0.25) is 9.59 Å². The first-order valence-corrected chi connectivity index (χ1v) is 12.1. The number of hydrogen-bond acceptors (Lipinski definition) is 2. The van der Waals surface area contributed by atoms with Crippen molar-refractivity contribution in [3.8, 4) is 0 Å². The van der Waals surface area contributed by atoms with E-state index in [4.69, 9.17) is 0 Å². The van der Waals surface area contributed by atoms with Crippen molar-refractivity contribution in [3.05, 3.63) is 106 Å². The largest absolute Gasteiger partial charge is 0.354 e. The van der Waals surface area contributed by atoms with E-state index in [1.807, 2.05) is 82.3 Å². The maximum Gasteiger partial charge on any atom is 0.243 e. The molecule has 0 aliphatic heterocycles. The Labute approximate surface area is 204 Å². The predicted octanol–water partition coefficient (Wildman–Crippen LogP) is 5.32. The molecule has 3 aromatic carbocycles. The molecule has 0 heterocycles. The fourth-order valence-corrected chi connectivity index (χ4v) is 4.34. The molecule has 0 saturated carbocycles. The molecule has 0 radical (unpaired) electrons. The van der Waals surface area contributed by atoms with E-state index in [0.717, 1.165) is 39.8 Å². The third-order valence-electron chi connectivity index (χ3n) is 6.06. The number of nitrogens with zero attached hydrogens (tertiary/aromatic N) is 1. The number of benzene rings is 3. The van der Waals surface area contributed by atoms with Crippen molar-refractivity contribution in [1.82, 2.24) is 10.2 Å². The zero-order chi connectivity index (χ0) is 24.5. The first-order valence-electron chi connectivity index (χ1n) is 12.1. The van der Waals surface area contributed by atoms with Crippen molar-refractivity contribution in [3.63, 3.8) is 0 Å². The smallest absolute Gasteiger partial charge is 0.243 e. The molecule has 0 aliphatic carbocycles. The fourth-order valence-electron chi connectivity index (χ4n) is 4.34. The van der Waals surface area contributed by atoms with Gasteiger partial charge in [-0.2, -0.15) is 0 Å². The number of aryl methyl sites for hydroxylation is 3. The molecule has 0 fully saturated rings. The quantitative estimate of drug-likeness (QED) is 0.449. The highest BCUT2D eigenvalue weighted by atomic mass is 16.2. The Kier molecular flexibility index (Phi) is 9.03. The highest BCUT2D eigenvalue weighted by Crippen LogP contribution is 2.19. The van der Waals surface area contributed by atoms with Crippen LogP contribution in [0.1, 0.15) is 46.7 Å². The van der Waals surface area contributed by atoms with Crippen LogP contribution >= 0.6 is 0 Å². The molecular weight excluding hydrogens is 420 g/mol. The minimum Gasteiger partial charge on any atom is -0.354 e. The van der Waals surface area contributed by atoms with E-state index in [-0.39, 0.29) is 18.2 Å². The lowest BCUT2D eigenvalue weighted by Crippen LogP contribution is -2.51. The van der Waals surface area contributed by atoms with Crippen LogP contribution < -0.4 is 5.32 Å². The van der Waals surface area contributed by atoms with Crippen LogP contribution in [0.25, 0.3) is 0 Å². The molecule has 178 valence electrons. The third-order valence-corrected chi connectivity index (χ3v) is 6.06. The first kappa shape index (κ1) is 25.2. The van der Waals surface area contributed by atoms with Gasteiger partial charge >= 0.3 is 0 Å². The van der Waals surface area contributed by atoms with Crippen LogP contribution in [-0.2, 0) is 29.0 Å². The van der Waals surface area contributed by atoms with E-state index in [1.165, 1.54) is 0 Å². The van der Waals surface area contributed by atoms with E-state index in [2.05, 4.69) is 23.5 Å². The molecule has 3 rings (SSSR count). The molecule has 0 spiro atoms. The number of hydrogen-bond donors (Lipinski definition) is 1. The Bertz CT molecular complexity index is 1090. The lowest BCUT2D eigenvalue weighted by atomic mass is 9.99. The highest BCUT2D eigenvalue weighted by Gasteiger charge is 2.30. The molecule has 4 heteroatoms. The topological polar surface area (TPSA) is 49.4 Å². The molecule has 0 bridgehead atoms. The number of carbonyl (C=O) groups is 2. The summed E-state index contributed by atoms with van der Waals surface area (Å²) >= 11 is 0. The van der Waals surface area contributed by atoms with E-state index < -0.39 is 6.04 Å². The molecule has 0 aliphatic rings. The SMILES string of the molecule is CCCNC(=O)C(Cc1ccccc1)N(Cc1ccccc1C)C(=O)Cc1cc(C)cc(C)c1. The van der Waals surface area contributed by atoms with E-state index in [9.17, 15) is 9.59 Å². The standard InChI is InChI=1S/C30H36N2O2/c1-5-15-31-30(34)28(19-25-12-7-6-8-13-25)32(21-27-14-10-9-11-24(27)4)29(33)20-26-17-22(2)16-23(3)18-26/h6-14,16-18,28H,5,15,19-21H2,1-4H3,(H,31,34).